The van der Waals surface area contributed by atoms with E-state index in [-0.39, 0.29) is 6.10 Å². The molecule has 1 aliphatic heterocycles. The van der Waals surface area contributed by atoms with Crippen LogP contribution in [0.5, 0.6) is 5.75 Å². The second kappa shape index (κ2) is 11.3. The van der Waals surface area contributed by atoms with Crippen LogP contribution in [-0.4, -0.2) is 21.1 Å². The maximum absolute atomic E-state index is 6.48. The van der Waals surface area contributed by atoms with Gasteiger partial charge in [-0.2, -0.15) is 0 Å². The Morgan fingerprint density at radius 3 is 1.74 bits per heavy atom. The molecular formula is C43H29N3O. The Morgan fingerprint density at radius 1 is 0.447 bits per heavy atom. The first kappa shape index (κ1) is 27.2. The highest BCUT2D eigenvalue weighted by molar-refractivity contribution is 5.92. The average Bonchev–Trinajstić information content (AvgIpc) is 3.51. The maximum atomic E-state index is 6.48. The van der Waals surface area contributed by atoms with Gasteiger partial charge in [-0.25, -0.2) is 15.0 Å². The lowest BCUT2D eigenvalue weighted by Gasteiger charge is -2.19. The molecule has 7 aromatic rings. The molecule has 2 aliphatic rings. The quantitative estimate of drug-likeness (QED) is 0.196. The van der Waals surface area contributed by atoms with E-state index < -0.39 is 0 Å². The van der Waals surface area contributed by atoms with Crippen molar-refractivity contribution in [2.45, 2.75) is 12.5 Å². The smallest absolute Gasteiger partial charge is 0.164 e. The van der Waals surface area contributed by atoms with E-state index in [2.05, 4.69) is 91.0 Å². The predicted molar refractivity (Wildman–Crippen MR) is 189 cm³/mol. The van der Waals surface area contributed by atoms with Crippen LogP contribution in [0.4, 0.5) is 0 Å². The molecule has 0 bridgehead atoms. The number of rotatable bonds is 5. The van der Waals surface area contributed by atoms with E-state index in [9.17, 15) is 0 Å². The van der Waals surface area contributed by atoms with Crippen molar-refractivity contribution in [3.63, 3.8) is 0 Å². The van der Waals surface area contributed by atoms with Crippen molar-refractivity contribution in [1.29, 1.82) is 0 Å². The number of fused-ring (bicyclic) bond motifs is 4. The Morgan fingerprint density at radius 2 is 1.02 bits per heavy atom. The fourth-order valence-electron chi connectivity index (χ4n) is 6.68. The van der Waals surface area contributed by atoms with Gasteiger partial charge in [-0.3, -0.25) is 0 Å². The van der Waals surface area contributed by atoms with E-state index in [1.165, 1.54) is 22.3 Å². The third-order valence-electron chi connectivity index (χ3n) is 9.08. The molecule has 0 saturated heterocycles. The van der Waals surface area contributed by atoms with Gasteiger partial charge in [-0.15, -0.1) is 0 Å². The van der Waals surface area contributed by atoms with Crippen LogP contribution < -0.4 is 4.74 Å². The topological polar surface area (TPSA) is 47.9 Å². The zero-order chi connectivity index (χ0) is 31.2. The summed E-state index contributed by atoms with van der Waals surface area (Å²) in [6.45, 7) is 0. The van der Waals surface area contributed by atoms with Gasteiger partial charge in [0, 0.05) is 34.2 Å². The molecule has 1 aliphatic carbocycles. The summed E-state index contributed by atoms with van der Waals surface area (Å²) in [5.41, 5.74) is 12.4. The molecule has 0 radical (unpaired) electrons. The van der Waals surface area contributed by atoms with Gasteiger partial charge in [0.1, 0.15) is 11.9 Å². The molecule has 4 nitrogen and oxygen atoms in total. The number of ether oxygens (including phenoxy) is 1. The number of hydrogen-bond donors (Lipinski definition) is 0. The monoisotopic (exact) mass is 603 g/mol. The van der Waals surface area contributed by atoms with Crippen LogP contribution >= 0.6 is 0 Å². The normalized spacial score (nSPS) is 14.4. The van der Waals surface area contributed by atoms with Gasteiger partial charge < -0.3 is 4.74 Å². The zero-order valence-electron chi connectivity index (χ0n) is 25.5. The molecule has 0 saturated carbocycles. The largest absolute Gasteiger partial charge is 0.485 e. The molecule has 6 aromatic carbocycles. The summed E-state index contributed by atoms with van der Waals surface area (Å²) < 4.78 is 6.48. The number of nitrogens with zero attached hydrogens (tertiary/aromatic N) is 3. The van der Waals surface area contributed by atoms with E-state index in [0.717, 1.165) is 51.1 Å². The maximum Gasteiger partial charge on any atom is 0.164 e. The van der Waals surface area contributed by atoms with Crippen molar-refractivity contribution in [2.75, 3.05) is 0 Å². The van der Waals surface area contributed by atoms with Gasteiger partial charge in [0.25, 0.3) is 0 Å². The molecule has 0 spiro atoms. The SMILES string of the molecule is C1=C2c3ccc(-c4ccc(-c5ccccc5-c5nc(-c6ccccc6)nc(-c6ccccc6)n5)cc4)cc3OC2Cc2ccccc21. The van der Waals surface area contributed by atoms with Gasteiger partial charge >= 0.3 is 0 Å². The first-order valence-electron chi connectivity index (χ1n) is 15.9. The summed E-state index contributed by atoms with van der Waals surface area (Å²) in [7, 11) is 0. The van der Waals surface area contributed by atoms with Gasteiger partial charge in [0.15, 0.2) is 17.5 Å². The fourth-order valence-corrected chi connectivity index (χ4v) is 6.68. The first-order chi connectivity index (χ1) is 23.3. The minimum absolute atomic E-state index is 0.0780. The lowest BCUT2D eigenvalue weighted by Crippen LogP contribution is -2.19. The minimum Gasteiger partial charge on any atom is -0.485 e. The first-order valence-corrected chi connectivity index (χ1v) is 15.9. The lowest BCUT2D eigenvalue weighted by molar-refractivity contribution is 0.276. The number of aromatic nitrogens is 3. The lowest BCUT2D eigenvalue weighted by atomic mass is 9.87. The van der Waals surface area contributed by atoms with Crippen molar-refractivity contribution < 1.29 is 4.74 Å². The Labute approximate surface area is 273 Å². The standard InChI is InChI=1S/C43H29N3O/c1-3-11-30(12-4-1)41-44-42(31-13-5-2-6-14-31)46-43(45-41)37-18-10-9-17-35(37)29-21-19-28(20-22-29)34-23-24-36-38-25-32-15-7-8-16-33(32)26-40(38)47-39(36)27-34/h1-25,27,40H,26H2. The fraction of sp³-hybridized carbons (Fsp3) is 0.0465. The van der Waals surface area contributed by atoms with Crippen LogP contribution in [0.15, 0.2) is 152 Å². The highest BCUT2D eigenvalue weighted by Crippen LogP contribution is 2.44. The average molecular weight is 604 g/mol. The minimum atomic E-state index is 0.0780. The zero-order valence-corrected chi connectivity index (χ0v) is 25.5. The Balaban J connectivity index is 1.06. The van der Waals surface area contributed by atoms with E-state index >= 15 is 0 Å². The molecule has 222 valence electrons. The van der Waals surface area contributed by atoms with Crippen molar-refractivity contribution in [2.24, 2.45) is 0 Å². The van der Waals surface area contributed by atoms with Crippen LogP contribution in [0.1, 0.15) is 16.7 Å². The Bertz CT molecular complexity index is 2240. The van der Waals surface area contributed by atoms with Crippen molar-refractivity contribution >= 4 is 11.6 Å². The molecular weight excluding hydrogens is 574 g/mol. The summed E-state index contributed by atoms with van der Waals surface area (Å²) in [4.78, 5) is 14.8. The highest BCUT2D eigenvalue weighted by atomic mass is 16.5. The molecule has 1 unspecified atom stereocenters. The van der Waals surface area contributed by atoms with E-state index in [0.29, 0.717) is 17.5 Å². The third kappa shape index (κ3) is 5.01. The second-order valence-electron chi connectivity index (χ2n) is 12.0. The van der Waals surface area contributed by atoms with Crippen LogP contribution in [0, 0.1) is 0 Å². The van der Waals surface area contributed by atoms with Crippen molar-refractivity contribution in [3.05, 3.63) is 168 Å². The van der Waals surface area contributed by atoms with Gasteiger partial charge in [-0.1, -0.05) is 146 Å². The highest BCUT2D eigenvalue weighted by Gasteiger charge is 2.32. The summed E-state index contributed by atoms with van der Waals surface area (Å²) in [6.07, 6.45) is 3.27. The summed E-state index contributed by atoms with van der Waals surface area (Å²) in [5, 5.41) is 0. The van der Waals surface area contributed by atoms with E-state index in [1.54, 1.807) is 0 Å². The third-order valence-corrected chi connectivity index (χ3v) is 9.08. The second-order valence-corrected chi connectivity index (χ2v) is 12.0. The molecule has 4 heteroatoms. The molecule has 0 amide bonds. The van der Waals surface area contributed by atoms with Gasteiger partial charge in [0.05, 0.1) is 0 Å². The molecule has 47 heavy (non-hydrogen) atoms. The van der Waals surface area contributed by atoms with Crippen LogP contribution in [0.25, 0.3) is 68.1 Å². The van der Waals surface area contributed by atoms with Crippen molar-refractivity contribution in [3.8, 4) is 62.2 Å². The Hall–Kier alpha value is -6.13. The molecule has 2 heterocycles. The molecule has 0 N–H and O–H groups in total. The van der Waals surface area contributed by atoms with Crippen LogP contribution in [0.3, 0.4) is 0 Å². The summed E-state index contributed by atoms with van der Waals surface area (Å²) in [6, 6.07) is 52.4. The van der Waals surface area contributed by atoms with Crippen molar-refractivity contribution in [1.82, 2.24) is 15.0 Å². The Kier molecular flexibility index (Phi) is 6.57. The predicted octanol–water partition coefficient (Wildman–Crippen LogP) is 10.1. The molecule has 0 fully saturated rings. The van der Waals surface area contributed by atoms with Crippen LogP contribution in [-0.2, 0) is 6.42 Å². The summed E-state index contributed by atoms with van der Waals surface area (Å²) >= 11 is 0. The number of hydrogen-bond acceptors (Lipinski definition) is 4. The molecule has 9 rings (SSSR count). The number of benzene rings is 6. The van der Waals surface area contributed by atoms with Crippen LogP contribution in [0.2, 0.25) is 0 Å². The van der Waals surface area contributed by atoms with E-state index in [1.807, 2.05) is 66.7 Å². The van der Waals surface area contributed by atoms with Gasteiger partial charge in [-0.05, 0) is 45.5 Å². The van der Waals surface area contributed by atoms with Gasteiger partial charge in [0.2, 0.25) is 0 Å². The molecule has 1 atom stereocenters. The summed E-state index contributed by atoms with van der Waals surface area (Å²) in [5.74, 6) is 2.90. The van der Waals surface area contributed by atoms with E-state index in [4.69, 9.17) is 19.7 Å². The molecule has 1 aromatic heterocycles.